The van der Waals surface area contributed by atoms with E-state index in [1.54, 1.807) is 36.7 Å². The van der Waals surface area contributed by atoms with Crippen LogP contribution < -0.4 is 10.1 Å². The average molecular weight is 510 g/mol. The molecule has 2 aromatic carbocycles. The fourth-order valence-corrected chi connectivity index (χ4v) is 4.60. The van der Waals surface area contributed by atoms with Crippen LogP contribution in [0.1, 0.15) is 56.4 Å². The second-order valence-electron chi connectivity index (χ2n) is 9.19. The van der Waals surface area contributed by atoms with E-state index >= 15 is 0 Å². The highest BCUT2D eigenvalue weighted by Gasteiger charge is 2.30. The minimum Gasteiger partial charge on any atom is -0.486 e. The van der Waals surface area contributed by atoms with E-state index in [1.807, 2.05) is 6.07 Å². The van der Waals surface area contributed by atoms with Crippen LogP contribution in [0.4, 0.5) is 18.9 Å². The van der Waals surface area contributed by atoms with Gasteiger partial charge in [0.2, 0.25) is 0 Å². The molecule has 5 rings (SSSR count). The van der Waals surface area contributed by atoms with Crippen molar-refractivity contribution in [2.45, 2.75) is 52.4 Å². The number of carbonyl (C=O) groups excluding carboxylic acids is 1. The molecule has 2 aromatic heterocycles. The number of alkyl halides is 3. The summed E-state index contributed by atoms with van der Waals surface area (Å²) in [4.78, 5) is 12.8. The third-order valence-corrected chi connectivity index (χ3v) is 6.54. The number of nitrogens with zero attached hydrogens (tertiary/aromatic N) is 2. The van der Waals surface area contributed by atoms with Gasteiger partial charge in [0.15, 0.2) is 5.76 Å². The minimum absolute atomic E-state index is 0.122. The first-order valence-electron chi connectivity index (χ1n) is 12.0. The zero-order valence-corrected chi connectivity index (χ0v) is 20.5. The number of halogens is 3. The lowest BCUT2D eigenvalue weighted by molar-refractivity contribution is -0.137. The van der Waals surface area contributed by atoms with Crippen LogP contribution in [0.5, 0.6) is 5.75 Å². The highest BCUT2D eigenvalue weighted by molar-refractivity contribution is 6.02. The van der Waals surface area contributed by atoms with Gasteiger partial charge in [0.25, 0.3) is 5.91 Å². The molecule has 1 aliphatic carbocycles. The fraction of sp³-hybridized carbons (Fsp3) is 0.286. The molecule has 0 fully saturated rings. The number of hydrogen-bond donors (Lipinski definition) is 1. The minimum atomic E-state index is -4.42. The Kier molecular flexibility index (Phi) is 6.54. The van der Waals surface area contributed by atoms with Crippen LogP contribution in [0.3, 0.4) is 0 Å². The van der Waals surface area contributed by atoms with E-state index in [4.69, 9.17) is 9.15 Å². The summed E-state index contributed by atoms with van der Waals surface area (Å²) in [6, 6.07) is 14.5. The summed E-state index contributed by atoms with van der Waals surface area (Å²) in [5, 5.41) is 7.22. The van der Waals surface area contributed by atoms with Crippen LogP contribution in [-0.2, 0) is 32.2 Å². The molecule has 6 nitrogen and oxygen atoms in total. The molecule has 0 unspecified atom stereocenters. The molecule has 0 bridgehead atoms. The monoisotopic (exact) mass is 509 g/mol. The van der Waals surface area contributed by atoms with Crippen molar-refractivity contribution in [1.82, 2.24) is 9.78 Å². The maximum Gasteiger partial charge on any atom is 0.416 e. The predicted octanol–water partition coefficient (Wildman–Crippen LogP) is 6.48. The van der Waals surface area contributed by atoms with Gasteiger partial charge in [0.05, 0.1) is 29.2 Å². The van der Waals surface area contributed by atoms with Gasteiger partial charge in [-0.05, 0) is 86.2 Å². The van der Waals surface area contributed by atoms with Crippen LogP contribution in [0.25, 0.3) is 0 Å². The topological polar surface area (TPSA) is 69.3 Å². The molecular weight excluding hydrogens is 483 g/mol. The Labute approximate surface area is 212 Å². The highest BCUT2D eigenvalue weighted by Crippen LogP contribution is 2.30. The highest BCUT2D eigenvalue weighted by atomic mass is 19.4. The van der Waals surface area contributed by atoms with Crippen LogP contribution in [0, 0.1) is 13.8 Å². The molecule has 192 valence electrons. The van der Waals surface area contributed by atoms with Gasteiger partial charge in [0.1, 0.15) is 18.1 Å². The SMILES string of the molecule is Cc1nn(Cc2cccc(C(F)(F)F)c2)c(C)c1NC(=O)c1ccc(COc2ccc3c(c2)CCC3)o1. The number of rotatable bonds is 7. The first-order valence-corrected chi connectivity index (χ1v) is 12.0. The van der Waals surface area contributed by atoms with Gasteiger partial charge in [-0.3, -0.25) is 9.48 Å². The first kappa shape index (κ1) is 24.7. The second kappa shape index (κ2) is 9.80. The molecule has 37 heavy (non-hydrogen) atoms. The molecule has 4 aromatic rings. The smallest absolute Gasteiger partial charge is 0.416 e. The Morgan fingerprint density at radius 3 is 2.70 bits per heavy atom. The quantitative estimate of drug-likeness (QED) is 0.310. The molecule has 0 aliphatic heterocycles. The summed E-state index contributed by atoms with van der Waals surface area (Å²) < 4.78 is 52.3. The van der Waals surface area contributed by atoms with E-state index in [2.05, 4.69) is 22.5 Å². The first-order chi connectivity index (χ1) is 17.7. The van der Waals surface area contributed by atoms with Gasteiger partial charge in [-0.25, -0.2) is 0 Å². The van der Waals surface area contributed by atoms with Crippen molar-refractivity contribution in [1.29, 1.82) is 0 Å². The lowest BCUT2D eigenvalue weighted by Gasteiger charge is -2.10. The molecule has 0 radical (unpaired) electrons. The maximum absolute atomic E-state index is 13.1. The Balaban J connectivity index is 1.23. The Hall–Kier alpha value is -4.01. The van der Waals surface area contributed by atoms with Gasteiger partial charge < -0.3 is 14.5 Å². The largest absolute Gasteiger partial charge is 0.486 e. The van der Waals surface area contributed by atoms with Crippen molar-refractivity contribution in [2.75, 3.05) is 5.32 Å². The number of anilines is 1. The Morgan fingerprint density at radius 1 is 1.08 bits per heavy atom. The molecular formula is C28H26F3N3O3. The molecule has 0 atom stereocenters. The number of benzene rings is 2. The number of amides is 1. The predicted molar refractivity (Wildman–Crippen MR) is 132 cm³/mol. The Morgan fingerprint density at radius 2 is 1.89 bits per heavy atom. The lowest BCUT2D eigenvalue weighted by Crippen LogP contribution is -2.13. The Bertz CT molecular complexity index is 1450. The molecule has 1 N–H and O–H groups in total. The van der Waals surface area contributed by atoms with Crippen molar-refractivity contribution in [2.24, 2.45) is 0 Å². The number of nitrogens with one attached hydrogen (secondary N) is 1. The third-order valence-electron chi connectivity index (χ3n) is 6.54. The summed E-state index contributed by atoms with van der Waals surface area (Å²) in [5.74, 6) is 0.951. The van der Waals surface area contributed by atoms with E-state index in [0.29, 0.717) is 28.4 Å². The standard InChI is InChI=1S/C28H26F3N3O3/c1-17-26(18(2)34(33-17)15-19-5-3-8-22(13-19)28(29,30)31)32-27(35)25-12-11-24(37-25)16-36-23-10-9-20-6-4-7-21(20)14-23/h3,5,8-14H,4,6-7,15-16H2,1-2H3,(H,32,35). The molecule has 1 amide bonds. The number of ether oxygens (including phenoxy) is 1. The number of carbonyl (C=O) groups is 1. The van der Waals surface area contributed by atoms with E-state index in [-0.39, 0.29) is 18.9 Å². The lowest BCUT2D eigenvalue weighted by atomic mass is 10.1. The van der Waals surface area contributed by atoms with Crippen molar-refractivity contribution < 1.29 is 27.1 Å². The zero-order valence-electron chi connectivity index (χ0n) is 20.5. The van der Waals surface area contributed by atoms with E-state index in [9.17, 15) is 18.0 Å². The molecule has 2 heterocycles. The number of aromatic nitrogens is 2. The van der Waals surface area contributed by atoms with Crippen LogP contribution in [0.2, 0.25) is 0 Å². The third kappa shape index (κ3) is 5.40. The van der Waals surface area contributed by atoms with Crippen molar-refractivity contribution in [3.63, 3.8) is 0 Å². The van der Waals surface area contributed by atoms with Gasteiger partial charge in [-0.15, -0.1) is 0 Å². The van der Waals surface area contributed by atoms with E-state index in [1.165, 1.54) is 23.6 Å². The summed E-state index contributed by atoms with van der Waals surface area (Å²) in [6.07, 6.45) is -1.08. The fourth-order valence-electron chi connectivity index (χ4n) is 4.60. The molecule has 9 heteroatoms. The summed E-state index contributed by atoms with van der Waals surface area (Å²) in [5.41, 5.74) is 4.08. The van der Waals surface area contributed by atoms with Crippen molar-refractivity contribution >= 4 is 11.6 Å². The van der Waals surface area contributed by atoms with Gasteiger partial charge in [-0.1, -0.05) is 18.2 Å². The average Bonchev–Trinajstić information content (AvgIpc) is 3.59. The van der Waals surface area contributed by atoms with Crippen LogP contribution in [-0.4, -0.2) is 15.7 Å². The molecule has 1 aliphatic rings. The molecule has 0 spiro atoms. The van der Waals surface area contributed by atoms with Gasteiger partial charge >= 0.3 is 6.18 Å². The van der Waals surface area contributed by atoms with Gasteiger partial charge in [0, 0.05) is 0 Å². The van der Waals surface area contributed by atoms with Crippen molar-refractivity contribution in [3.05, 3.63) is 99.8 Å². The van der Waals surface area contributed by atoms with E-state index in [0.717, 1.165) is 30.7 Å². The number of fused-ring (bicyclic) bond motifs is 1. The summed E-state index contributed by atoms with van der Waals surface area (Å²) in [6.45, 7) is 3.81. The summed E-state index contributed by atoms with van der Waals surface area (Å²) in [7, 11) is 0. The van der Waals surface area contributed by atoms with Crippen LogP contribution in [0.15, 0.2) is 59.0 Å². The molecule has 0 saturated carbocycles. The summed E-state index contributed by atoms with van der Waals surface area (Å²) >= 11 is 0. The zero-order chi connectivity index (χ0) is 26.2. The van der Waals surface area contributed by atoms with Crippen LogP contribution >= 0.6 is 0 Å². The normalized spacial score (nSPS) is 13.0. The van der Waals surface area contributed by atoms with Gasteiger partial charge in [-0.2, -0.15) is 18.3 Å². The number of furan rings is 1. The maximum atomic E-state index is 13.1. The number of aryl methyl sites for hydroxylation is 3. The second-order valence-corrected chi connectivity index (χ2v) is 9.19. The molecule has 0 saturated heterocycles. The van der Waals surface area contributed by atoms with Crippen molar-refractivity contribution in [3.8, 4) is 5.75 Å². The van der Waals surface area contributed by atoms with E-state index < -0.39 is 17.6 Å². The number of hydrogen-bond acceptors (Lipinski definition) is 4.